The van der Waals surface area contributed by atoms with Gasteiger partial charge >= 0.3 is 0 Å². The summed E-state index contributed by atoms with van der Waals surface area (Å²) in [6.45, 7) is 0. The van der Waals surface area contributed by atoms with E-state index in [1.807, 2.05) is 72.8 Å². The molecule has 56 heavy (non-hydrogen) atoms. The number of para-hydroxylation sites is 1. The Morgan fingerprint density at radius 3 is 1.34 bits per heavy atom. The van der Waals surface area contributed by atoms with E-state index in [1.165, 1.54) is 33.4 Å². The van der Waals surface area contributed by atoms with Crippen molar-refractivity contribution in [2.24, 2.45) is 0 Å². The highest BCUT2D eigenvalue weighted by atomic mass is 16.3. The molecule has 0 bridgehead atoms. The van der Waals surface area contributed by atoms with Gasteiger partial charge in [-0.25, -0.2) is 15.0 Å². The zero-order valence-corrected chi connectivity index (χ0v) is 30.3. The van der Waals surface area contributed by atoms with Gasteiger partial charge in [0.25, 0.3) is 0 Å². The summed E-state index contributed by atoms with van der Waals surface area (Å²) in [5.41, 5.74) is 13.8. The van der Waals surface area contributed by atoms with Crippen LogP contribution in [0.5, 0.6) is 0 Å². The van der Waals surface area contributed by atoms with E-state index in [0.717, 1.165) is 49.8 Å². The predicted octanol–water partition coefficient (Wildman–Crippen LogP) is 12.8. The normalized spacial score (nSPS) is 12.8. The molecule has 10 aromatic rings. The molecule has 0 saturated heterocycles. The number of nitrogens with zero attached hydrogens (tertiary/aromatic N) is 3. The molecule has 2 heterocycles. The van der Waals surface area contributed by atoms with Crippen LogP contribution in [0.3, 0.4) is 0 Å². The third-order valence-electron chi connectivity index (χ3n) is 11.3. The van der Waals surface area contributed by atoms with Gasteiger partial charge in [-0.3, -0.25) is 0 Å². The Bertz CT molecular complexity index is 2960. The maximum absolute atomic E-state index is 6.47. The van der Waals surface area contributed by atoms with Crippen LogP contribution in [0, 0.1) is 0 Å². The van der Waals surface area contributed by atoms with E-state index >= 15 is 0 Å². The van der Waals surface area contributed by atoms with E-state index in [4.69, 9.17) is 19.4 Å². The Morgan fingerprint density at radius 1 is 0.321 bits per heavy atom. The lowest BCUT2D eigenvalue weighted by molar-refractivity contribution is 0.665. The van der Waals surface area contributed by atoms with E-state index in [-0.39, 0.29) is 0 Å². The minimum absolute atomic E-state index is 0.533. The molecule has 2 aromatic heterocycles. The summed E-state index contributed by atoms with van der Waals surface area (Å²) in [6.07, 6.45) is 0. The van der Waals surface area contributed by atoms with Crippen molar-refractivity contribution in [1.82, 2.24) is 15.0 Å². The topological polar surface area (TPSA) is 51.8 Å². The lowest BCUT2D eigenvalue weighted by Gasteiger charge is -2.34. The number of hydrogen-bond donors (Lipinski definition) is 0. The molecule has 0 saturated carbocycles. The van der Waals surface area contributed by atoms with Crippen LogP contribution in [0.1, 0.15) is 22.3 Å². The first-order valence-corrected chi connectivity index (χ1v) is 18.9. The molecule has 0 spiro atoms. The summed E-state index contributed by atoms with van der Waals surface area (Å²) < 4.78 is 6.47. The van der Waals surface area contributed by atoms with Crippen LogP contribution in [0.25, 0.3) is 78.4 Å². The van der Waals surface area contributed by atoms with Crippen molar-refractivity contribution < 1.29 is 4.42 Å². The van der Waals surface area contributed by atoms with E-state index in [2.05, 4.69) is 127 Å². The summed E-state index contributed by atoms with van der Waals surface area (Å²) in [5, 5.41) is 2.26. The van der Waals surface area contributed by atoms with Gasteiger partial charge < -0.3 is 4.42 Å². The summed E-state index contributed by atoms with van der Waals surface area (Å²) in [4.78, 5) is 14.7. The molecule has 0 atom stereocenters. The molecule has 262 valence electrons. The number of hydrogen-bond acceptors (Lipinski definition) is 4. The minimum atomic E-state index is -0.533. The highest BCUT2D eigenvalue weighted by Crippen LogP contribution is 2.56. The lowest BCUT2D eigenvalue weighted by Crippen LogP contribution is -2.28. The number of fused-ring (bicyclic) bond motifs is 6. The molecular weight excluding hydrogens is 683 g/mol. The van der Waals surface area contributed by atoms with Gasteiger partial charge in [0.1, 0.15) is 11.2 Å². The number of rotatable bonds is 6. The molecule has 0 amide bonds. The summed E-state index contributed by atoms with van der Waals surface area (Å²) in [7, 11) is 0. The summed E-state index contributed by atoms with van der Waals surface area (Å²) >= 11 is 0. The van der Waals surface area contributed by atoms with E-state index < -0.39 is 5.41 Å². The molecule has 0 fully saturated rings. The van der Waals surface area contributed by atoms with Gasteiger partial charge in [-0.15, -0.1) is 0 Å². The number of benzene rings is 8. The van der Waals surface area contributed by atoms with Crippen LogP contribution in [0.15, 0.2) is 205 Å². The molecule has 8 aromatic carbocycles. The molecule has 4 heteroatoms. The zero-order valence-electron chi connectivity index (χ0n) is 30.3. The molecule has 0 unspecified atom stereocenters. The fraction of sp³-hybridized carbons (Fsp3) is 0.0192. The quantitative estimate of drug-likeness (QED) is 0.172. The summed E-state index contributed by atoms with van der Waals surface area (Å²) in [5.74, 6) is 1.94. The van der Waals surface area contributed by atoms with Crippen molar-refractivity contribution in [1.29, 1.82) is 0 Å². The fourth-order valence-corrected chi connectivity index (χ4v) is 8.65. The third kappa shape index (κ3) is 5.04. The van der Waals surface area contributed by atoms with Crippen molar-refractivity contribution in [2.45, 2.75) is 5.41 Å². The first-order chi connectivity index (χ1) is 27.7. The van der Waals surface area contributed by atoms with Crippen LogP contribution in [-0.4, -0.2) is 15.0 Å². The standard InChI is InChI=1S/C52H33N3O/c1-3-13-36(14-4-1)49-53-50(37-15-5-2-6-16-37)55-51(54-49)38-25-23-34(24-26-38)35-27-29-39(30-28-35)52(45-20-10-7-17-41(45)42-18-8-11-21-46(42)52)40-31-32-44-43-19-9-12-22-47(43)56-48(44)33-40/h1-33H. The summed E-state index contributed by atoms with van der Waals surface area (Å²) in [6, 6.07) is 70.5. The maximum Gasteiger partial charge on any atom is 0.164 e. The Kier molecular flexibility index (Phi) is 7.36. The SMILES string of the molecule is c1ccc(-c2nc(-c3ccccc3)nc(-c3ccc(-c4ccc(C5(c6ccc7c(c6)oc6ccccc67)c6ccccc6-c6ccccc65)cc4)cc3)n2)cc1. The second-order valence-corrected chi connectivity index (χ2v) is 14.3. The molecule has 0 aliphatic heterocycles. The highest BCUT2D eigenvalue weighted by molar-refractivity contribution is 6.05. The van der Waals surface area contributed by atoms with Gasteiger partial charge in [0.2, 0.25) is 0 Å². The molecule has 1 aliphatic carbocycles. The smallest absolute Gasteiger partial charge is 0.164 e. The monoisotopic (exact) mass is 715 g/mol. The van der Waals surface area contributed by atoms with Crippen LogP contribution < -0.4 is 0 Å². The van der Waals surface area contributed by atoms with Gasteiger partial charge in [-0.1, -0.05) is 188 Å². The Hall–Kier alpha value is -7.43. The van der Waals surface area contributed by atoms with Crippen LogP contribution >= 0.6 is 0 Å². The average molecular weight is 716 g/mol. The minimum Gasteiger partial charge on any atom is -0.456 e. The molecule has 4 nitrogen and oxygen atoms in total. The van der Waals surface area contributed by atoms with Crippen molar-refractivity contribution >= 4 is 21.9 Å². The first-order valence-electron chi connectivity index (χ1n) is 18.9. The maximum atomic E-state index is 6.47. The fourth-order valence-electron chi connectivity index (χ4n) is 8.65. The Morgan fingerprint density at radius 2 is 0.750 bits per heavy atom. The number of aromatic nitrogens is 3. The Balaban J connectivity index is 1.01. The zero-order chi connectivity index (χ0) is 37.1. The Labute approximate surface area is 324 Å². The molecular formula is C52H33N3O. The predicted molar refractivity (Wildman–Crippen MR) is 226 cm³/mol. The van der Waals surface area contributed by atoms with E-state index in [1.54, 1.807) is 0 Å². The van der Waals surface area contributed by atoms with E-state index in [0.29, 0.717) is 17.5 Å². The van der Waals surface area contributed by atoms with Gasteiger partial charge in [0, 0.05) is 27.5 Å². The van der Waals surface area contributed by atoms with Crippen LogP contribution in [0.2, 0.25) is 0 Å². The molecule has 0 N–H and O–H groups in total. The third-order valence-corrected chi connectivity index (χ3v) is 11.3. The van der Waals surface area contributed by atoms with Crippen molar-refractivity contribution in [2.75, 3.05) is 0 Å². The van der Waals surface area contributed by atoms with Gasteiger partial charge in [0.05, 0.1) is 5.41 Å². The van der Waals surface area contributed by atoms with Crippen molar-refractivity contribution in [3.63, 3.8) is 0 Å². The second kappa shape index (κ2) is 12.9. The van der Waals surface area contributed by atoms with Gasteiger partial charge in [-0.2, -0.15) is 0 Å². The first kappa shape index (κ1) is 32.0. The highest BCUT2D eigenvalue weighted by Gasteiger charge is 2.46. The second-order valence-electron chi connectivity index (χ2n) is 14.3. The number of furan rings is 1. The molecule has 1 aliphatic rings. The van der Waals surface area contributed by atoms with Crippen LogP contribution in [0.4, 0.5) is 0 Å². The van der Waals surface area contributed by atoms with Crippen molar-refractivity contribution in [3.05, 3.63) is 222 Å². The largest absolute Gasteiger partial charge is 0.456 e. The van der Waals surface area contributed by atoms with Crippen molar-refractivity contribution in [3.8, 4) is 56.4 Å². The lowest BCUT2D eigenvalue weighted by atomic mass is 9.67. The van der Waals surface area contributed by atoms with Gasteiger partial charge in [-0.05, 0) is 56.6 Å². The molecule has 0 radical (unpaired) electrons. The van der Waals surface area contributed by atoms with E-state index in [9.17, 15) is 0 Å². The van der Waals surface area contributed by atoms with Crippen LogP contribution in [-0.2, 0) is 5.41 Å². The molecule has 11 rings (SSSR count). The average Bonchev–Trinajstić information content (AvgIpc) is 3.80. The van der Waals surface area contributed by atoms with Gasteiger partial charge in [0.15, 0.2) is 17.5 Å².